The molecule has 2 heterocycles. The zero-order chi connectivity index (χ0) is 19.0. The number of furan rings is 1. The third-order valence-corrected chi connectivity index (χ3v) is 4.11. The number of para-hydroxylation sites is 1. The topological polar surface area (TPSA) is 77.0 Å². The Kier molecular flexibility index (Phi) is 4.16. The standard InChI is InChI=1S/C21H18N2O4/c1-13(2)26-18-8-7-16(21(24)22-14-9-11-23(25)12-10-14)19-15-5-3-4-6-17(15)27-20(18)19/h3-13,25H,1-2H3. The molecule has 0 aliphatic rings. The molecule has 0 saturated carbocycles. The molecule has 6 nitrogen and oxygen atoms in total. The number of carbonyl (C=O) groups excluding carboxylic acids is 1. The maximum Gasteiger partial charge on any atom is 0.278 e. The Morgan fingerprint density at radius 2 is 1.85 bits per heavy atom. The van der Waals surface area contributed by atoms with E-state index in [-0.39, 0.29) is 6.10 Å². The molecule has 136 valence electrons. The van der Waals surface area contributed by atoms with Crippen molar-refractivity contribution in [1.29, 1.82) is 0 Å². The Labute approximate surface area is 154 Å². The molecule has 0 aliphatic carbocycles. The first-order chi connectivity index (χ1) is 13.0. The average molecular weight is 362 g/mol. The first kappa shape index (κ1) is 16.9. The van der Waals surface area contributed by atoms with E-state index in [9.17, 15) is 10.0 Å². The summed E-state index contributed by atoms with van der Waals surface area (Å²) in [5.74, 6) is 0.201. The molecule has 0 spiro atoms. The summed E-state index contributed by atoms with van der Waals surface area (Å²) >= 11 is 0. The van der Waals surface area contributed by atoms with E-state index in [1.807, 2.05) is 38.1 Å². The molecule has 2 aromatic heterocycles. The Morgan fingerprint density at radius 1 is 1.11 bits per heavy atom. The van der Waals surface area contributed by atoms with Gasteiger partial charge in [0, 0.05) is 23.2 Å². The number of aromatic nitrogens is 1. The zero-order valence-electron chi connectivity index (χ0n) is 14.9. The summed E-state index contributed by atoms with van der Waals surface area (Å²) in [6.45, 7) is 3.87. The van der Waals surface area contributed by atoms with Crippen molar-refractivity contribution in [2.45, 2.75) is 20.0 Å². The third-order valence-electron chi connectivity index (χ3n) is 4.11. The van der Waals surface area contributed by atoms with Gasteiger partial charge >= 0.3 is 0 Å². The molecule has 0 fully saturated rings. The average Bonchev–Trinajstić information content (AvgIpc) is 3.03. The third kappa shape index (κ3) is 3.17. The lowest BCUT2D eigenvalue weighted by molar-refractivity contribution is 0.0999. The van der Waals surface area contributed by atoms with Crippen LogP contribution in [0.25, 0.3) is 21.9 Å². The second kappa shape index (κ2) is 6.64. The van der Waals surface area contributed by atoms with Crippen molar-refractivity contribution in [3.05, 3.63) is 71.8 Å². The van der Waals surface area contributed by atoms with Crippen LogP contribution in [0.4, 0.5) is 0 Å². The molecular weight excluding hydrogens is 344 g/mol. The maximum absolute atomic E-state index is 12.9. The van der Waals surface area contributed by atoms with Gasteiger partial charge in [-0.3, -0.25) is 4.79 Å². The largest absolute Gasteiger partial charge is 0.487 e. The molecule has 1 amide bonds. The summed E-state index contributed by atoms with van der Waals surface area (Å²) < 4.78 is 12.7. The normalized spacial score (nSPS) is 11.2. The van der Waals surface area contributed by atoms with Gasteiger partial charge in [-0.1, -0.05) is 18.2 Å². The van der Waals surface area contributed by atoms with E-state index in [1.165, 1.54) is 12.4 Å². The van der Waals surface area contributed by atoms with E-state index in [0.29, 0.717) is 33.2 Å². The van der Waals surface area contributed by atoms with Crippen LogP contribution in [0.5, 0.6) is 5.75 Å². The fourth-order valence-corrected chi connectivity index (χ4v) is 2.99. The molecule has 4 aromatic rings. The zero-order valence-corrected chi connectivity index (χ0v) is 14.9. The molecule has 0 bridgehead atoms. The van der Waals surface area contributed by atoms with Crippen molar-refractivity contribution in [1.82, 2.24) is 4.73 Å². The number of pyridine rings is 1. The summed E-state index contributed by atoms with van der Waals surface area (Å²) in [5, 5.41) is 11.3. The second-order valence-corrected chi connectivity index (χ2v) is 6.43. The minimum Gasteiger partial charge on any atom is -0.487 e. The highest BCUT2D eigenvalue weighted by atomic mass is 16.5. The number of ether oxygens (including phenoxy) is 1. The first-order valence-electron chi connectivity index (χ1n) is 8.60. The molecular formula is C21H18N2O4. The molecule has 4 rings (SSSR count). The van der Waals surface area contributed by atoms with Crippen LogP contribution in [0.2, 0.25) is 0 Å². The van der Waals surface area contributed by atoms with Gasteiger partial charge in [0.05, 0.1) is 17.0 Å². The second-order valence-electron chi connectivity index (χ2n) is 6.43. The number of fused-ring (bicyclic) bond motifs is 3. The van der Waals surface area contributed by atoms with Gasteiger partial charge in [0.25, 0.3) is 5.91 Å². The van der Waals surface area contributed by atoms with Crippen molar-refractivity contribution >= 4 is 27.8 Å². The Bertz CT molecular complexity index is 1200. The number of benzene rings is 2. The van der Waals surface area contributed by atoms with E-state index < -0.39 is 5.91 Å². The van der Waals surface area contributed by atoms with Gasteiger partial charge in [-0.25, -0.2) is 9.72 Å². The van der Waals surface area contributed by atoms with Crippen LogP contribution in [0.15, 0.2) is 70.3 Å². The Morgan fingerprint density at radius 3 is 2.59 bits per heavy atom. The van der Waals surface area contributed by atoms with Gasteiger partial charge in [0.2, 0.25) is 0 Å². The van der Waals surface area contributed by atoms with Gasteiger partial charge in [-0.15, -0.1) is 0 Å². The summed E-state index contributed by atoms with van der Waals surface area (Å²) in [6, 6.07) is 14.1. The van der Waals surface area contributed by atoms with Crippen molar-refractivity contribution < 1.29 is 19.2 Å². The number of amides is 1. The van der Waals surface area contributed by atoms with Crippen LogP contribution in [0.1, 0.15) is 24.2 Å². The number of carbonyl (C=O) groups is 1. The fourth-order valence-electron chi connectivity index (χ4n) is 2.99. The van der Waals surface area contributed by atoms with Crippen LogP contribution >= 0.6 is 0 Å². The molecule has 1 N–H and O–H groups in total. The van der Waals surface area contributed by atoms with Crippen molar-refractivity contribution in [2.24, 2.45) is 4.99 Å². The maximum atomic E-state index is 12.9. The lowest BCUT2D eigenvalue weighted by Gasteiger charge is -2.10. The minimum atomic E-state index is -0.390. The quantitative estimate of drug-likeness (QED) is 0.555. The molecule has 0 atom stereocenters. The fraction of sp³-hybridized carbons (Fsp3) is 0.143. The van der Waals surface area contributed by atoms with Crippen LogP contribution in [0, 0.1) is 0 Å². The van der Waals surface area contributed by atoms with Crippen molar-refractivity contribution in [2.75, 3.05) is 0 Å². The number of rotatable bonds is 3. The lowest BCUT2D eigenvalue weighted by Crippen LogP contribution is -2.09. The molecule has 2 aromatic carbocycles. The van der Waals surface area contributed by atoms with E-state index in [4.69, 9.17) is 9.15 Å². The first-order valence-corrected chi connectivity index (χ1v) is 8.60. The highest BCUT2D eigenvalue weighted by Gasteiger charge is 2.19. The van der Waals surface area contributed by atoms with E-state index in [0.717, 1.165) is 10.1 Å². The van der Waals surface area contributed by atoms with E-state index in [1.54, 1.807) is 24.3 Å². The number of hydrogen-bond donors (Lipinski definition) is 1. The molecule has 0 aliphatic heterocycles. The van der Waals surface area contributed by atoms with Crippen molar-refractivity contribution in [3.8, 4) is 5.75 Å². The van der Waals surface area contributed by atoms with Gasteiger partial charge in [0.15, 0.2) is 11.3 Å². The van der Waals surface area contributed by atoms with E-state index in [2.05, 4.69) is 4.99 Å². The summed E-state index contributed by atoms with van der Waals surface area (Å²) in [6.07, 6.45) is 2.80. The van der Waals surface area contributed by atoms with Gasteiger partial charge in [-0.2, -0.15) is 0 Å². The van der Waals surface area contributed by atoms with Crippen molar-refractivity contribution in [3.63, 3.8) is 0 Å². The van der Waals surface area contributed by atoms with Gasteiger partial charge in [-0.05, 0) is 44.2 Å². The monoisotopic (exact) mass is 362 g/mol. The molecule has 0 radical (unpaired) electrons. The van der Waals surface area contributed by atoms with Gasteiger partial charge < -0.3 is 14.4 Å². The van der Waals surface area contributed by atoms with Crippen LogP contribution in [-0.2, 0) is 0 Å². The smallest absolute Gasteiger partial charge is 0.278 e. The predicted molar refractivity (Wildman–Crippen MR) is 101 cm³/mol. The molecule has 27 heavy (non-hydrogen) atoms. The van der Waals surface area contributed by atoms with Crippen LogP contribution in [-0.4, -0.2) is 21.9 Å². The Balaban J connectivity index is 1.94. The van der Waals surface area contributed by atoms with Crippen LogP contribution in [0.3, 0.4) is 0 Å². The van der Waals surface area contributed by atoms with Crippen LogP contribution < -0.4 is 10.1 Å². The molecule has 0 saturated heterocycles. The predicted octanol–water partition coefficient (Wildman–Crippen LogP) is 4.15. The summed E-state index contributed by atoms with van der Waals surface area (Å²) in [4.78, 5) is 17.0. The van der Waals surface area contributed by atoms with Gasteiger partial charge in [0.1, 0.15) is 5.58 Å². The minimum absolute atomic E-state index is 0.0258. The number of hydrogen-bond acceptors (Lipinski definition) is 4. The number of nitrogens with zero attached hydrogens (tertiary/aromatic N) is 2. The lowest BCUT2D eigenvalue weighted by atomic mass is 10.1. The Hall–Kier alpha value is -3.54. The van der Waals surface area contributed by atoms with E-state index >= 15 is 0 Å². The SMILES string of the molecule is CC(C)Oc1ccc(C(=O)N=c2ccn(O)cc2)c2c1oc1ccccc12. The molecule has 0 unspecified atom stereocenters. The highest BCUT2D eigenvalue weighted by molar-refractivity contribution is 6.17. The highest BCUT2D eigenvalue weighted by Crippen LogP contribution is 2.37. The molecule has 6 heteroatoms. The summed E-state index contributed by atoms with van der Waals surface area (Å²) in [7, 11) is 0. The summed E-state index contributed by atoms with van der Waals surface area (Å²) in [5.41, 5.74) is 1.65.